The summed E-state index contributed by atoms with van der Waals surface area (Å²) in [7, 11) is 0. The standard InChI is InChI=1S/C22H34N4/c1-2-23-22(24-13-12-17-8-9-17)25-19-14-20-10-11-21(15-19)26(20)16-18-6-4-3-5-7-18/h3-7,17,19-21H,2,8-16H2,1H3,(H2,23,24,25). The molecule has 0 amide bonds. The number of nitrogens with one attached hydrogen (secondary N) is 2. The van der Waals surface area contributed by atoms with Gasteiger partial charge in [0.25, 0.3) is 0 Å². The molecule has 3 fully saturated rings. The molecule has 4 rings (SSSR count). The molecule has 1 saturated carbocycles. The van der Waals surface area contributed by atoms with E-state index in [1.165, 1.54) is 50.5 Å². The molecule has 2 N–H and O–H groups in total. The third kappa shape index (κ3) is 4.59. The lowest BCUT2D eigenvalue weighted by atomic mass is 9.96. The number of rotatable bonds is 7. The van der Waals surface area contributed by atoms with Gasteiger partial charge < -0.3 is 10.6 Å². The van der Waals surface area contributed by atoms with E-state index in [0.717, 1.165) is 43.6 Å². The smallest absolute Gasteiger partial charge is 0.191 e. The van der Waals surface area contributed by atoms with Crippen LogP contribution < -0.4 is 10.6 Å². The Morgan fingerprint density at radius 1 is 1.08 bits per heavy atom. The average Bonchev–Trinajstić information content (AvgIpc) is 3.43. The minimum Gasteiger partial charge on any atom is -0.357 e. The molecule has 1 aromatic carbocycles. The number of hydrogen-bond acceptors (Lipinski definition) is 2. The van der Waals surface area contributed by atoms with Crippen molar-refractivity contribution >= 4 is 5.96 Å². The van der Waals surface area contributed by atoms with Gasteiger partial charge in [0, 0.05) is 37.8 Å². The highest BCUT2D eigenvalue weighted by molar-refractivity contribution is 5.80. The summed E-state index contributed by atoms with van der Waals surface area (Å²) in [5.41, 5.74) is 1.45. The largest absolute Gasteiger partial charge is 0.357 e. The van der Waals surface area contributed by atoms with E-state index in [4.69, 9.17) is 4.99 Å². The maximum atomic E-state index is 4.83. The van der Waals surface area contributed by atoms with Gasteiger partial charge in [0.15, 0.2) is 5.96 Å². The first-order chi connectivity index (χ1) is 12.8. The fourth-order valence-corrected chi connectivity index (χ4v) is 4.72. The first-order valence-electron chi connectivity index (χ1n) is 10.7. The Balaban J connectivity index is 1.32. The molecule has 0 radical (unpaired) electrons. The quantitative estimate of drug-likeness (QED) is 0.581. The third-order valence-corrected chi connectivity index (χ3v) is 6.28. The van der Waals surface area contributed by atoms with Gasteiger partial charge in [0.2, 0.25) is 0 Å². The van der Waals surface area contributed by atoms with E-state index in [1.807, 2.05) is 0 Å². The Bertz CT molecular complexity index is 581. The van der Waals surface area contributed by atoms with Crippen molar-refractivity contribution in [2.24, 2.45) is 10.9 Å². The molecule has 4 heteroatoms. The first-order valence-corrected chi connectivity index (χ1v) is 10.7. The summed E-state index contributed by atoms with van der Waals surface area (Å²) in [6.07, 6.45) is 9.30. The summed E-state index contributed by atoms with van der Waals surface area (Å²) in [5, 5.41) is 7.20. The number of benzene rings is 1. The second-order valence-electron chi connectivity index (χ2n) is 8.35. The van der Waals surface area contributed by atoms with Gasteiger partial charge in [-0.1, -0.05) is 43.2 Å². The van der Waals surface area contributed by atoms with Gasteiger partial charge in [-0.2, -0.15) is 0 Å². The zero-order valence-electron chi connectivity index (χ0n) is 16.2. The van der Waals surface area contributed by atoms with Crippen LogP contribution in [0.2, 0.25) is 0 Å². The fraction of sp³-hybridized carbons (Fsp3) is 0.682. The molecule has 26 heavy (non-hydrogen) atoms. The van der Waals surface area contributed by atoms with Gasteiger partial charge in [0.1, 0.15) is 0 Å². The van der Waals surface area contributed by atoms with Gasteiger partial charge in [-0.25, -0.2) is 0 Å². The third-order valence-electron chi connectivity index (χ3n) is 6.28. The highest BCUT2D eigenvalue weighted by Gasteiger charge is 2.40. The normalized spacial score (nSPS) is 29.0. The summed E-state index contributed by atoms with van der Waals surface area (Å²) in [5.74, 6) is 1.99. The van der Waals surface area contributed by atoms with E-state index < -0.39 is 0 Å². The van der Waals surface area contributed by atoms with Gasteiger partial charge in [-0.05, 0) is 50.5 Å². The number of piperidine rings is 1. The predicted molar refractivity (Wildman–Crippen MR) is 108 cm³/mol. The highest BCUT2D eigenvalue weighted by Crippen LogP contribution is 2.37. The minimum atomic E-state index is 0.568. The predicted octanol–water partition coefficient (Wildman–Crippen LogP) is 3.54. The molecule has 2 bridgehead atoms. The maximum Gasteiger partial charge on any atom is 0.191 e. The molecule has 3 aliphatic rings. The van der Waals surface area contributed by atoms with Crippen molar-refractivity contribution < 1.29 is 0 Å². The fourth-order valence-electron chi connectivity index (χ4n) is 4.72. The SMILES string of the molecule is CCNC(=NCCC1CC1)NC1CC2CCC(C1)N2Cc1ccccc1. The summed E-state index contributed by atoms with van der Waals surface area (Å²) < 4.78 is 0. The zero-order valence-corrected chi connectivity index (χ0v) is 16.2. The van der Waals surface area contributed by atoms with Crippen LogP contribution in [-0.2, 0) is 6.54 Å². The molecule has 0 aromatic heterocycles. The molecule has 142 valence electrons. The molecule has 1 aliphatic carbocycles. The Labute approximate surface area is 158 Å². The van der Waals surface area contributed by atoms with Crippen molar-refractivity contribution in [3.05, 3.63) is 35.9 Å². The number of nitrogens with zero attached hydrogens (tertiary/aromatic N) is 2. The van der Waals surface area contributed by atoms with E-state index >= 15 is 0 Å². The van der Waals surface area contributed by atoms with Crippen molar-refractivity contribution in [2.45, 2.75) is 76.5 Å². The molecule has 2 atom stereocenters. The van der Waals surface area contributed by atoms with E-state index in [9.17, 15) is 0 Å². The lowest BCUT2D eigenvalue weighted by Crippen LogP contribution is -2.52. The van der Waals surface area contributed by atoms with E-state index in [1.54, 1.807) is 0 Å². The Hall–Kier alpha value is -1.55. The van der Waals surface area contributed by atoms with Crippen molar-refractivity contribution in [3.63, 3.8) is 0 Å². The minimum absolute atomic E-state index is 0.568. The Morgan fingerprint density at radius 3 is 2.46 bits per heavy atom. The number of guanidine groups is 1. The highest BCUT2D eigenvalue weighted by atomic mass is 15.2. The number of aliphatic imine (C=N–C) groups is 1. The van der Waals surface area contributed by atoms with Gasteiger partial charge in [-0.3, -0.25) is 9.89 Å². The van der Waals surface area contributed by atoms with E-state index in [-0.39, 0.29) is 0 Å². The van der Waals surface area contributed by atoms with E-state index in [0.29, 0.717) is 6.04 Å². The average molecular weight is 355 g/mol. The van der Waals surface area contributed by atoms with Crippen molar-refractivity contribution in [2.75, 3.05) is 13.1 Å². The van der Waals surface area contributed by atoms with Crippen LogP contribution in [0.15, 0.2) is 35.3 Å². The molecule has 2 aliphatic heterocycles. The molecular formula is C22H34N4. The summed E-state index contributed by atoms with van der Waals surface area (Å²) >= 11 is 0. The van der Waals surface area contributed by atoms with Crippen LogP contribution >= 0.6 is 0 Å². The molecule has 0 spiro atoms. The molecule has 2 saturated heterocycles. The van der Waals surface area contributed by atoms with Crippen molar-refractivity contribution in [1.82, 2.24) is 15.5 Å². The molecule has 2 unspecified atom stereocenters. The number of fused-ring (bicyclic) bond motifs is 2. The first kappa shape index (κ1) is 17.8. The Morgan fingerprint density at radius 2 is 1.81 bits per heavy atom. The second-order valence-corrected chi connectivity index (χ2v) is 8.35. The summed E-state index contributed by atoms with van der Waals surface area (Å²) in [4.78, 5) is 7.58. The topological polar surface area (TPSA) is 39.7 Å². The number of hydrogen-bond donors (Lipinski definition) is 2. The molecular weight excluding hydrogens is 320 g/mol. The molecule has 2 heterocycles. The van der Waals surface area contributed by atoms with Gasteiger partial charge in [-0.15, -0.1) is 0 Å². The molecule has 4 nitrogen and oxygen atoms in total. The van der Waals surface area contributed by atoms with Crippen LogP contribution in [-0.4, -0.2) is 42.1 Å². The zero-order chi connectivity index (χ0) is 17.8. The van der Waals surface area contributed by atoms with Crippen molar-refractivity contribution in [1.29, 1.82) is 0 Å². The monoisotopic (exact) mass is 354 g/mol. The van der Waals surface area contributed by atoms with Crippen LogP contribution in [0, 0.1) is 5.92 Å². The van der Waals surface area contributed by atoms with Gasteiger partial charge in [0.05, 0.1) is 0 Å². The molecule has 1 aromatic rings. The van der Waals surface area contributed by atoms with Crippen LogP contribution in [0.25, 0.3) is 0 Å². The lowest BCUT2D eigenvalue weighted by Gasteiger charge is -2.39. The van der Waals surface area contributed by atoms with Crippen LogP contribution in [0.3, 0.4) is 0 Å². The summed E-state index contributed by atoms with van der Waals surface area (Å²) in [6.45, 7) is 5.18. The van der Waals surface area contributed by atoms with Gasteiger partial charge >= 0.3 is 0 Å². The maximum absolute atomic E-state index is 4.83. The van der Waals surface area contributed by atoms with E-state index in [2.05, 4.69) is 52.8 Å². The second kappa shape index (κ2) is 8.43. The summed E-state index contributed by atoms with van der Waals surface area (Å²) in [6, 6.07) is 13.0. The van der Waals surface area contributed by atoms with Crippen LogP contribution in [0.1, 0.15) is 57.4 Å². The van der Waals surface area contributed by atoms with Crippen LogP contribution in [0.4, 0.5) is 0 Å². The lowest BCUT2D eigenvalue weighted by molar-refractivity contribution is 0.114. The van der Waals surface area contributed by atoms with Crippen molar-refractivity contribution in [3.8, 4) is 0 Å². The van der Waals surface area contributed by atoms with Crippen LogP contribution in [0.5, 0.6) is 0 Å². The Kier molecular flexibility index (Phi) is 5.78.